The lowest BCUT2D eigenvalue weighted by Crippen LogP contribution is -2.52. The smallest absolute Gasteiger partial charge is 0.337 e. The van der Waals surface area contributed by atoms with Gasteiger partial charge in [0.1, 0.15) is 0 Å². The van der Waals surface area contributed by atoms with Crippen molar-refractivity contribution in [3.8, 4) is 0 Å². The number of piperidine rings is 1. The largest absolute Gasteiger partial charge is 0.416 e. The van der Waals surface area contributed by atoms with Crippen molar-refractivity contribution < 1.29 is 35.9 Å². The summed E-state index contributed by atoms with van der Waals surface area (Å²) >= 11 is 1.20. The zero-order valence-corrected chi connectivity index (χ0v) is 23.0. The highest BCUT2D eigenvalue weighted by molar-refractivity contribution is 7.13. The third kappa shape index (κ3) is 7.34. The number of carbonyl (C=O) groups excluding carboxylic acids is 2. The molecule has 40 heavy (non-hydrogen) atoms. The molecule has 2 fully saturated rings. The number of nitrogens with zero attached hydrogens (tertiary/aromatic N) is 2. The molecule has 0 radical (unpaired) electrons. The van der Waals surface area contributed by atoms with Gasteiger partial charge >= 0.3 is 12.4 Å². The van der Waals surface area contributed by atoms with E-state index in [0.717, 1.165) is 12.8 Å². The lowest BCUT2D eigenvalue weighted by Gasteiger charge is -2.42. The van der Waals surface area contributed by atoms with Gasteiger partial charge in [-0.25, -0.2) is 4.98 Å². The number of halogens is 6. The van der Waals surface area contributed by atoms with Crippen LogP contribution in [0.25, 0.3) is 0 Å². The van der Waals surface area contributed by atoms with E-state index in [1.54, 1.807) is 19.2 Å². The van der Waals surface area contributed by atoms with Crippen LogP contribution < -0.4 is 10.6 Å². The van der Waals surface area contributed by atoms with E-state index in [0.29, 0.717) is 55.5 Å². The molecule has 1 saturated heterocycles. The lowest BCUT2D eigenvalue weighted by molar-refractivity contribution is -0.148. The van der Waals surface area contributed by atoms with Crippen LogP contribution >= 0.6 is 11.3 Å². The van der Waals surface area contributed by atoms with Gasteiger partial charge in [0, 0.05) is 24.7 Å². The highest BCUT2D eigenvalue weighted by Gasteiger charge is 2.47. The molecule has 4 rings (SSSR count). The Kier molecular flexibility index (Phi) is 8.56. The molecule has 1 aliphatic carbocycles. The third-order valence-corrected chi connectivity index (χ3v) is 8.24. The fraction of sp³-hybridized carbons (Fsp3) is 0.593. The summed E-state index contributed by atoms with van der Waals surface area (Å²) < 4.78 is 81.5. The van der Waals surface area contributed by atoms with Gasteiger partial charge in [0.2, 0.25) is 11.8 Å². The molecule has 220 valence electrons. The minimum atomic E-state index is -5.01. The molecule has 1 aromatic carbocycles. The second kappa shape index (κ2) is 11.3. The second-order valence-electron chi connectivity index (χ2n) is 11.4. The van der Waals surface area contributed by atoms with E-state index in [1.165, 1.54) is 22.4 Å². The number of hydrogen-bond acceptors (Lipinski definition) is 5. The molecular weight excluding hydrogens is 558 g/mol. The lowest BCUT2D eigenvalue weighted by atomic mass is 9.73. The maximum atomic E-state index is 14.3. The Labute approximate surface area is 232 Å². The van der Waals surface area contributed by atoms with Gasteiger partial charge in [-0.2, -0.15) is 26.3 Å². The first-order valence-electron chi connectivity index (χ1n) is 13.1. The van der Waals surface area contributed by atoms with E-state index in [2.05, 4.69) is 15.6 Å². The summed E-state index contributed by atoms with van der Waals surface area (Å²) in [6.45, 7) is 3.60. The van der Waals surface area contributed by atoms with Gasteiger partial charge in [-0.3, -0.25) is 9.59 Å². The van der Waals surface area contributed by atoms with Crippen molar-refractivity contribution in [2.75, 3.05) is 25.0 Å². The molecule has 1 saturated carbocycles. The molecule has 2 aliphatic rings. The molecule has 6 nitrogen and oxygen atoms in total. The van der Waals surface area contributed by atoms with Gasteiger partial charge in [0.05, 0.1) is 22.0 Å². The summed E-state index contributed by atoms with van der Waals surface area (Å²) in [6, 6.07) is 1.37. The molecule has 2 amide bonds. The fourth-order valence-corrected chi connectivity index (χ4v) is 5.78. The highest BCUT2D eigenvalue weighted by atomic mass is 32.1. The SMILES string of the molecule is CC(C)(CN(Cc1cc(C(F)(F)F)cc(C(F)(F)F)c1)C(=O)C1(CC2CC2)CCNCC1)C(=O)Nc1nccs1. The number of hydrogen-bond donors (Lipinski definition) is 2. The Morgan fingerprint density at radius 1 is 1.05 bits per heavy atom. The number of alkyl halides is 6. The van der Waals surface area contributed by atoms with Crippen LogP contribution in [0.3, 0.4) is 0 Å². The van der Waals surface area contributed by atoms with Gasteiger partial charge in [-0.05, 0) is 75.9 Å². The normalized spacial score (nSPS) is 17.9. The quantitative estimate of drug-likeness (QED) is 0.334. The molecule has 2 N–H and O–H groups in total. The van der Waals surface area contributed by atoms with Crippen molar-refractivity contribution in [2.24, 2.45) is 16.7 Å². The van der Waals surface area contributed by atoms with Crippen LogP contribution in [0.15, 0.2) is 29.8 Å². The second-order valence-corrected chi connectivity index (χ2v) is 12.3. The van der Waals surface area contributed by atoms with Crippen molar-refractivity contribution in [3.05, 3.63) is 46.5 Å². The van der Waals surface area contributed by atoms with E-state index >= 15 is 0 Å². The third-order valence-electron chi connectivity index (χ3n) is 7.55. The molecule has 0 spiro atoms. The molecule has 1 aromatic heterocycles. The van der Waals surface area contributed by atoms with Crippen LogP contribution in [0.1, 0.15) is 62.6 Å². The zero-order valence-electron chi connectivity index (χ0n) is 22.2. The van der Waals surface area contributed by atoms with Crippen molar-refractivity contribution >= 4 is 28.3 Å². The Morgan fingerprint density at radius 2 is 1.65 bits per heavy atom. The standard InChI is InChI=1S/C27H32F6N4O2S/c1-24(2,21(38)36-23-35-9-10-40-23)16-37(22(39)25(14-17-3-4-17)5-7-34-8-6-25)15-18-11-19(26(28,29)30)13-20(12-18)27(31,32)33/h9-13,17,34H,3-8,14-16H2,1-2H3,(H,35,36,38). The van der Waals surface area contributed by atoms with Crippen molar-refractivity contribution in [1.29, 1.82) is 0 Å². The van der Waals surface area contributed by atoms with Crippen molar-refractivity contribution in [3.63, 3.8) is 0 Å². The number of carbonyl (C=O) groups is 2. The number of anilines is 1. The number of thiazole rings is 1. The number of amides is 2. The predicted molar refractivity (Wildman–Crippen MR) is 138 cm³/mol. The summed E-state index contributed by atoms with van der Waals surface area (Å²) in [5, 5.41) is 7.92. The molecule has 2 heterocycles. The van der Waals surface area contributed by atoms with Gasteiger partial charge in [0.25, 0.3) is 0 Å². The van der Waals surface area contributed by atoms with E-state index < -0.39 is 46.8 Å². The van der Waals surface area contributed by atoms with E-state index in [1.807, 2.05) is 0 Å². The molecule has 13 heteroatoms. The Bertz CT molecular complexity index is 1170. The van der Waals surface area contributed by atoms with Crippen LogP contribution in [0, 0.1) is 16.7 Å². The molecular formula is C27H32F6N4O2S. The Hall–Kier alpha value is -2.67. The summed E-state index contributed by atoms with van der Waals surface area (Å²) in [4.78, 5) is 32.8. The number of aromatic nitrogens is 1. The summed E-state index contributed by atoms with van der Waals surface area (Å²) in [5.41, 5.74) is -5.23. The van der Waals surface area contributed by atoms with Crippen molar-refractivity contribution in [1.82, 2.24) is 15.2 Å². The molecule has 2 aromatic rings. The van der Waals surface area contributed by atoms with Crippen LogP contribution in [-0.2, 0) is 28.5 Å². The number of benzene rings is 1. The maximum Gasteiger partial charge on any atom is 0.416 e. The topological polar surface area (TPSA) is 74.3 Å². The molecule has 1 aliphatic heterocycles. The van der Waals surface area contributed by atoms with Crippen LogP contribution in [0.4, 0.5) is 31.5 Å². The Morgan fingerprint density at radius 3 is 2.15 bits per heavy atom. The van der Waals surface area contributed by atoms with E-state index in [9.17, 15) is 35.9 Å². The van der Waals surface area contributed by atoms with Gasteiger partial charge in [-0.15, -0.1) is 11.3 Å². The first-order valence-corrected chi connectivity index (χ1v) is 14.0. The summed E-state index contributed by atoms with van der Waals surface area (Å²) in [5.74, 6) is -0.459. The van der Waals surface area contributed by atoms with Gasteiger partial charge < -0.3 is 15.5 Å². The number of rotatable bonds is 9. The first kappa shape index (κ1) is 30.3. The zero-order chi connectivity index (χ0) is 29.3. The van der Waals surface area contributed by atoms with Crippen LogP contribution in [0.2, 0.25) is 0 Å². The maximum absolute atomic E-state index is 14.3. The van der Waals surface area contributed by atoms with Crippen LogP contribution in [0.5, 0.6) is 0 Å². The van der Waals surface area contributed by atoms with E-state index in [4.69, 9.17) is 0 Å². The fourth-order valence-electron chi connectivity index (χ4n) is 5.25. The minimum absolute atomic E-state index is 0.0719. The highest BCUT2D eigenvalue weighted by Crippen LogP contribution is 2.46. The first-order chi connectivity index (χ1) is 18.6. The Balaban J connectivity index is 1.71. The molecule has 0 unspecified atom stereocenters. The average Bonchev–Trinajstić information content (AvgIpc) is 3.53. The monoisotopic (exact) mass is 590 g/mol. The molecule has 0 atom stereocenters. The van der Waals surface area contributed by atoms with Gasteiger partial charge in [0.15, 0.2) is 5.13 Å². The molecule has 0 bridgehead atoms. The average molecular weight is 591 g/mol. The van der Waals surface area contributed by atoms with Crippen molar-refractivity contribution in [2.45, 2.75) is 64.8 Å². The van der Waals surface area contributed by atoms with E-state index in [-0.39, 0.29) is 24.1 Å². The number of nitrogens with one attached hydrogen (secondary N) is 2. The van der Waals surface area contributed by atoms with Crippen LogP contribution in [-0.4, -0.2) is 41.3 Å². The summed E-state index contributed by atoms with van der Waals surface area (Å²) in [6.07, 6.45) is -4.96. The van der Waals surface area contributed by atoms with Gasteiger partial charge in [-0.1, -0.05) is 12.8 Å². The predicted octanol–water partition coefficient (Wildman–Crippen LogP) is 6.34. The minimum Gasteiger partial charge on any atom is -0.337 e. The summed E-state index contributed by atoms with van der Waals surface area (Å²) in [7, 11) is 0.